The van der Waals surface area contributed by atoms with Crippen molar-refractivity contribution in [2.24, 2.45) is 0 Å². The van der Waals surface area contributed by atoms with Gasteiger partial charge in [0.05, 0.1) is 12.8 Å². The van der Waals surface area contributed by atoms with Gasteiger partial charge in [0, 0.05) is 31.6 Å². The molecule has 1 aliphatic rings. The highest BCUT2D eigenvalue weighted by Crippen LogP contribution is 2.27. The Morgan fingerprint density at radius 3 is 2.67 bits per heavy atom. The van der Waals surface area contributed by atoms with E-state index in [0.717, 1.165) is 22.7 Å². The van der Waals surface area contributed by atoms with Crippen molar-refractivity contribution in [3.05, 3.63) is 53.7 Å². The number of para-hydroxylation sites is 1. The van der Waals surface area contributed by atoms with Crippen LogP contribution in [-0.4, -0.2) is 30.6 Å². The highest BCUT2D eigenvalue weighted by molar-refractivity contribution is 5.96. The van der Waals surface area contributed by atoms with Crippen LogP contribution in [0.2, 0.25) is 0 Å². The number of halogens is 2. The zero-order valence-corrected chi connectivity index (χ0v) is 13.1. The maximum absolute atomic E-state index is 13.9. The van der Waals surface area contributed by atoms with E-state index in [4.69, 9.17) is 4.74 Å². The van der Waals surface area contributed by atoms with Crippen LogP contribution in [-0.2, 0) is 11.3 Å². The van der Waals surface area contributed by atoms with Gasteiger partial charge in [-0.15, -0.1) is 0 Å². The predicted molar refractivity (Wildman–Crippen MR) is 84.7 cm³/mol. The molecule has 1 fully saturated rings. The van der Waals surface area contributed by atoms with E-state index >= 15 is 0 Å². The summed E-state index contributed by atoms with van der Waals surface area (Å²) in [5, 5.41) is 3.19. The van der Waals surface area contributed by atoms with Crippen LogP contribution in [0.1, 0.15) is 12.1 Å². The Balaban J connectivity index is 1.66. The molecule has 1 atom stereocenters. The minimum atomic E-state index is -0.738. The van der Waals surface area contributed by atoms with Gasteiger partial charge in [-0.1, -0.05) is 12.1 Å². The third-order valence-electron chi connectivity index (χ3n) is 3.89. The average molecular weight is 333 g/mol. The summed E-state index contributed by atoms with van der Waals surface area (Å²) in [6.45, 7) is 0.642. The molecule has 0 aliphatic carbocycles. The second kappa shape index (κ2) is 6.92. The van der Waals surface area contributed by atoms with Crippen molar-refractivity contribution >= 4 is 11.6 Å². The molecular formula is C17H17F2N3O2. The summed E-state index contributed by atoms with van der Waals surface area (Å²) in [6, 6.07) is 8.76. The zero-order chi connectivity index (χ0) is 17.1. The summed E-state index contributed by atoms with van der Waals surface area (Å²) in [4.78, 5) is 17.5. The molecule has 126 valence electrons. The number of carbonyl (C=O) groups is 1. The molecule has 1 amide bonds. The van der Waals surface area contributed by atoms with Crippen molar-refractivity contribution in [2.45, 2.75) is 19.0 Å². The lowest BCUT2D eigenvalue weighted by molar-refractivity contribution is -0.117. The lowest BCUT2D eigenvalue weighted by Gasteiger charge is -2.18. The van der Waals surface area contributed by atoms with E-state index < -0.39 is 11.6 Å². The maximum atomic E-state index is 13.9. The highest BCUT2D eigenvalue weighted by atomic mass is 19.1. The van der Waals surface area contributed by atoms with Crippen molar-refractivity contribution < 1.29 is 18.3 Å². The molecule has 1 aromatic carbocycles. The van der Waals surface area contributed by atoms with Crippen molar-refractivity contribution in [1.82, 2.24) is 10.3 Å². The van der Waals surface area contributed by atoms with Gasteiger partial charge in [0.1, 0.15) is 17.3 Å². The first-order valence-corrected chi connectivity index (χ1v) is 7.56. The monoisotopic (exact) mass is 333 g/mol. The van der Waals surface area contributed by atoms with Crippen LogP contribution in [0.15, 0.2) is 36.4 Å². The van der Waals surface area contributed by atoms with Crippen LogP contribution in [0.4, 0.5) is 14.5 Å². The Kier molecular flexibility index (Phi) is 4.71. The third kappa shape index (κ3) is 3.35. The summed E-state index contributed by atoms with van der Waals surface area (Å²) in [5.74, 6) is -1.28. The van der Waals surface area contributed by atoms with E-state index in [9.17, 15) is 13.6 Å². The summed E-state index contributed by atoms with van der Waals surface area (Å²) < 4.78 is 32.8. The molecule has 2 heterocycles. The van der Waals surface area contributed by atoms with Gasteiger partial charge in [-0.3, -0.25) is 4.79 Å². The Hall–Kier alpha value is -2.54. The number of rotatable bonds is 5. The molecule has 1 aromatic heterocycles. The van der Waals surface area contributed by atoms with Gasteiger partial charge in [-0.05, 0) is 18.2 Å². The quantitative estimate of drug-likeness (QED) is 0.912. The van der Waals surface area contributed by atoms with E-state index in [-0.39, 0.29) is 30.6 Å². The minimum absolute atomic E-state index is 0.178. The molecule has 3 rings (SSSR count). The van der Waals surface area contributed by atoms with Gasteiger partial charge in [-0.25, -0.2) is 13.8 Å². The molecule has 0 saturated carbocycles. The number of aromatic nitrogens is 1. The molecule has 2 aromatic rings. The smallest absolute Gasteiger partial charge is 0.228 e. The minimum Gasteiger partial charge on any atom is -0.481 e. The first-order chi connectivity index (χ1) is 11.6. The Morgan fingerprint density at radius 2 is 1.96 bits per heavy atom. The van der Waals surface area contributed by atoms with Crippen LogP contribution in [0.3, 0.4) is 0 Å². The fraction of sp³-hybridized carbons (Fsp3) is 0.294. The van der Waals surface area contributed by atoms with E-state index in [1.807, 2.05) is 12.1 Å². The van der Waals surface area contributed by atoms with E-state index in [1.165, 1.54) is 13.2 Å². The Labute approximate surface area is 138 Å². The van der Waals surface area contributed by atoms with Gasteiger partial charge < -0.3 is 15.0 Å². The summed E-state index contributed by atoms with van der Waals surface area (Å²) in [5.41, 5.74) is 0.476. The van der Waals surface area contributed by atoms with E-state index in [0.29, 0.717) is 12.4 Å². The summed E-state index contributed by atoms with van der Waals surface area (Å²) >= 11 is 0. The molecule has 0 spiro atoms. The van der Waals surface area contributed by atoms with Gasteiger partial charge in [-0.2, -0.15) is 0 Å². The number of benzene rings is 1. The zero-order valence-electron chi connectivity index (χ0n) is 13.1. The molecule has 5 nitrogen and oxygen atoms in total. The second-order valence-corrected chi connectivity index (χ2v) is 5.53. The van der Waals surface area contributed by atoms with E-state index in [2.05, 4.69) is 10.3 Å². The van der Waals surface area contributed by atoms with Crippen molar-refractivity contribution in [1.29, 1.82) is 0 Å². The third-order valence-corrected chi connectivity index (χ3v) is 3.89. The van der Waals surface area contributed by atoms with Gasteiger partial charge >= 0.3 is 0 Å². The largest absolute Gasteiger partial charge is 0.481 e. The first kappa shape index (κ1) is 16.3. The van der Waals surface area contributed by atoms with E-state index in [1.54, 1.807) is 6.07 Å². The normalized spacial score (nSPS) is 17.4. The number of hydrogen-bond acceptors (Lipinski definition) is 4. The number of nitrogens with one attached hydrogen (secondary N) is 1. The molecule has 0 unspecified atom stereocenters. The van der Waals surface area contributed by atoms with Crippen LogP contribution in [0, 0.1) is 11.6 Å². The fourth-order valence-corrected chi connectivity index (χ4v) is 2.73. The lowest BCUT2D eigenvalue weighted by atomic mass is 10.2. The summed E-state index contributed by atoms with van der Waals surface area (Å²) in [6.07, 6.45) is 0.178. The second-order valence-electron chi connectivity index (χ2n) is 5.53. The number of ether oxygens (including phenoxy) is 1. The van der Waals surface area contributed by atoms with Gasteiger partial charge in [0.25, 0.3) is 0 Å². The highest BCUT2D eigenvalue weighted by Gasteiger charge is 2.33. The van der Waals surface area contributed by atoms with Crippen LogP contribution in [0.25, 0.3) is 0 Å². The number of methoxy groups -OCH3 is 1. The number of pyridine rings is 1. The van der Waals surface area contributed by atoms with Crippen LogP contribution in [0.5, 0.6) is 5.88 Å². The topological polar surface area (TPSA) is 54.5 Å². The molecule has 1 aliphatic heterocycles. The fourth-order valence-electron chi connectivity index (χ4n) is 2.73. The number of anilines is 1. The van der Waals surface area contributed by atoms with Crippen molar-refractivity contribution in [3.63, 3.8) is 0 Å². The van der Waals surface area contributed by atoms with Crippen LogP contribution >= 0.6 is 0 Å². The predicted octanol–water partition coefficient (Wildman–Crippen LogP) is 2.26. The SMILES string of the molecule is COc1cccc(CN[C@@H]2CC(=O)N(c3c(F)cccc3F)C2)n1. The number of nitrogens with zero attached hydrogens (tertiary/aromatic N) is 2. The molecule has 0 bridgehead atoms. The standard InChI is InChI=1S/C17H17F2N3O2/c1-24-15-7-2-4-11(21-15)9-20-12-8-16(23)22(10-12)17-13(18)5-3-6-14(17)19/h2-7,12,20H,8-10H2,1H3/t12-/m1/s1. The van der Waals surface area contributed by atoms with Crippen molar-refractivity contribution in [3.8, 4) is 5.88 Å². The number of carbonyl (C=O) groups excluding carboxylic acids is 1. The molecule has 24 heavy (non-hydrogen) atoms. The van der Waals surface area contributed by atoms with Crippen molar-refractivity contribution in [2.75, 3.05) is 18.6 Å². The average Bonchev–Trinajstić information content (AvgIpc) is 2.94. The number of hydrogen-bond donors (Lipinski definition) is 1. The molecule has 1 saturated heterocycles. The Bertz CT molecular complexity index is 734. The van der Waals surface area contributed by atoms with Gasteiger partial charge in [0.2, 0.25) is 11.8 Å². The summed E-state index contributed by atoms with van der Waals surface area (Å²) in [7, 11) is 1.54. The van der Waals surface area contributed by atoms with Gasteiger partial charge in [0.15, 0.2) is 0 Å². The Morgan fingerprint density at radius 1 is 1.25 bits per heavy atom. The molecular weight excluding hydrogens is 316 g/mol. The maximum Gasteiger partial charge on any atom is 0.228 e. The molecule has 7 heteroatoms. The molecule has 0 radical (unpaired) electrons. The molecule has 1 N–H and O–H groups in total. The number of amides is 1. The lowest BCUT2D eigenvalue weighted by Crippen LogP contribution is -2.33. The first-order valence-electron chi connectivity index (χ1n) is 7.56. The van der Waals surface area contributed by atoms with Crippen LogP contribution < -0.4 is 15.0 Å².